The van der Waals surface area contributed by atoms with Gasteiger partial charge in [-0.2, -0.15) is 5.26 Å². The molecule has 5 nitrogen and oxygen atoms in total. The molecule has 1 heterocycles. The number of aromatic carboxylic acids is 1. The van der Waals surface area contributed by atoms with E-state index < -0.39 is 5.97 Å². The first-order chi connectivity index (χ1) is 9.11. The Balaban J connectivity index is 2.29. The van der Waals surface area contributed by atoms with Crippen LogP contribution in [0, 0.1) is 18.3 Å². The van der Waals surface area contributed by atoms with Crippen molar-refractivity contribution in [1.82, 2.24) is 4.98 Å². The molecule has 0 saturated carbocycles. The van der Waals surface area contributed by atoms with E-state index in [1.165, 1.54) is 12.1 Å². The van der Waals surface area contributed by atoms with Crippen LogP contribution in [0.4, 0.5) is 11.5 Å². The highest BCUT2D eigenvalue weighted by atomic mass is 16.4. The third kappa shape index (κ3) is 2.69. The van der Waals surface area contributed by atoms with Crippen molar-refractivity contribution >= 4 is 17.5 Å². The SMILES string of the molecule is Cc1ccnc(Nc2ccc(C(=O)O)cc2)c1C#N. The Morgan fingerprint density at radius 2 is 2.00 bits per heavy atom. The number of aromatic nitrogens is 1. The largest absolute Gasteiger partial charge is 0.478 e. The van der Waals surface area contributed by atoms with Crippen LogP contribution < -0.4 is 5.32 Å². The molecule has 0 amide bonds. The molecule has 19 heavy (non-hydrogen) atoms. The second kappa shape index (κ2) is 5.19. The van der Waals surface area contributed by atoms with E-state index in [1.54, 1.807) is 24.4 Å². The second-order valence-electron chi connectivity index (χ2n) is 3.97. The monoisotopic (exact) mass is 253 g/mol. The topological polar surface area (TPSA) is 86.0 Å². The number of rotatable bonds is 3. The van der Waals surface area contributed by atoms with E-state index in [-0.39, 0.29) is 5.56 Å². The summed E-state index contributed by atoms with van der Waals surface area (Å²) in [6.45, 7) is 1.83. The smallest absolute Gasteiger partial charge is 0.335 e. The van der Waals surface area contributed by atoms with Gasteiger partial charge in [0.05, 0.1) is 11.1 Å². The van der Waals surface area contributed by atoms with Gasteiger partial charge < -0.3 is 10.4 Å². The molecule has 0 aliphatic carbocycles. The lowest BCUT2D eigenvalue weighted by molar-refractivity contribution is 0.0697. The van der Waals surface area contributed by atoms with Crippen LogP contribution in [0.5, 0.6) is 0 Å². The third-order valence-corrected chi connectivity index (χ3v) is 2.67. The van der Waals surface area contributed by atoms with E-state index in [0.717, 1.165) is 5.56 Å². The molecule has 0 fully saturated rings. The first-order valence-electron chi connectivity index (χ1n) is 5.58. The first kappa shape index (κ1) is 12.6. The van der Waals surface area contributed by atoms with Gasteiger partial charge in [0.2, 0.25) is 0 Å². The van der Waals surface area contributed by atoms with Crippen molar-refractivity contribution in [2.24, 2.45) is 0 Å². The molecule has 94 valence electrons. The summed E-state index contributed by atoms with van der Waals surface area (Å²) in [7, 11) is 0. The molecule has 0 radical (unpaired) electrons. The molecule has 0 bridgehead atoms. The summed E-state index contributed by atoms with van der Waals surface area (Å²) in [5.41, 5.74) is 2.20. The summed E-state index contributed by atoms with van der Waals surface area (Å²) in [6.07, 6.45) is 1.62. The molecule has 0 aliphatic heterocycles. The molecule has 2 rings (SSSR count). The Morgan fingerprint density at radius 1 is 1.32 bits per heavy atom. The molecular formula is C14H11N3O2. The fourth-order valence-corrected chi connectivity index (χ4v) is 1.63. The number of benzene rings is 1. The van der Waals surface area contributed by atoms with E-state index in [1.807, 2.05) is 6.92 Å². The number of carbonyl (C=O) groups is 1. The number of carboxylic acids is 1. The van der Waals surface area contributed by atoms with Gasteiger partial charge in [-0.05, 0) is 42.8 Å². The number of pyridine rings is 1. The van der Waals surface area contributed by atoms with Gasteiger partial charge >= 0.3 is 5.97 Å². The van der Waals surface area contributed by atoms with Crippen LogP contribution in [-0.2, 0) is 0 Å². The first-order valence-corrected chi connectivity index (χ1v) is 5.58. The van der Waals surface area contributed by atoms with Crippen molar-refractivity contribution in [1.29, 1.82) is 5.26 Å². The lowest BCUT2D eigenvalue weighted by atomic mass is 10.1. The third-order valence-electron chi connectivity index (χ3n) is 2.67. The Bertz CT molecular complexity index is 657. The van der Waals surface area contributed by atoms with Crippen LogP contribution in [0.2, 0.25) is 0 Å². The lowest BCUT2D eigenvalue weighted by Gasteiger charge is -2.08. The standard InChI is InChI=1S/C14H11N3O2/c1-9-6-7-16-13(12(9)8-15)17-11-4-2-10(3-5-11)14(18)19/h2-7H,1H3,(H,16,17)(H,18,19). The molecule has 0 aliphatic rings. The van der Waals surface area contributed by atoms with Gasteiger partial charge in [0, 0.05) is 11.9 Å². The number of carboxylic acid groups (broad SMARTS) is 1. The van der Waals surface area contributed by atoms with Crippen molar-refractivity contribution in [3.05, 3.63) is 53.2 Å². The Hall–Kier alpha value is -2.87. The van der Waals surface area contributed by atoms with Crippen molar-refractivity contribution in [3.63, 3.8) is 0 Å². The minimum atomic E-state index is -0.974. The lowest BCUT2D eigenvalue weighted by Crippen LogP contribution is -2.00. The predicted octanol–water partition coefficient (Wildman–Crippen LogP) is 2.70. The summed E-state index contributed by atoms with van der Waals surface area (Å²) >= 11 is 0. The Labute approximate surface area is 110 Å². The van der Waals surface area contributed by atoms with Gasteiger partial charge in [-0.15, -0.1) is 0 Å². The minimum Gasteiger partial charge on any atom is -0.478 e. The number of anilines is 2. The number of nitriles is 1. The second-order valence-corrected chi connectivity index (χ2v) is 3.97. The predicted molar refractivity (Wildman–Crippen MR) is 70.4 cm³/mol. The number of hydrogen-bond donors (Lipinski definition) is 2. The van der Waals surface area contributed by atoms with E-state index in [2.05, 4.69) is 16.4 Å². The van der Waals surface area contributed by atoms with Crippen LogP contribution in [0.25, 0.3) is 0 Å². The van der Waals surface area contributed by atoms with Crippen molar-refractivity contribution in [3.8, 4) is 6.07 Å². The average Bonchev–Trinajstić information content (AvgIpc) is 2.39. The molecule has 1 aromatic heterocycles. The zero-order valence-corrected chi connectivity index (χ0v) is 10.2. The van der Waals surface area contributed by atoms with Gasteiger partial charge in [0.1, 0.15) is 11.9 Å². The summed E-state index contributed by atoms with van der Waals surface area (Å²) in [6, 6.07) is 10.1. The van der Waals surface area contributed by atoms with Crippen LogP contribution in [-0.4, -0.2) is 16.1 Å². The van der Waals surface area contributed by atoms with Gasteiger partial charge in [-0.1, -0.05) is 0 Å². The van der Waals surface area contributed by atoms with E-state index in [4.69, 9.17) is 10.4 Å². The minimum absolute atomic E-state index is 0.211. The van der Waals surface area contributed by atoms with Gasteiger partial charge in [-0.3, -0.25) is 0 Å². The molecule has 5 heteroatoms. The average molecular weight is 253 g/mol. The maximum absolute atomic E-state index is 10.7. The fourth-order valence-electron chi connectivity index (χ4n) is 1.63. The Morgan fingerprint density at radius 3 is 2.58 bits per heavy atom. The fraction of sp³-hybridized carbons (Fsp3) is 0.0714. The number of aryl methyl sites for hydroxylation is 1. The highest BCUT2D eigenvalue weighted by Gasteiger charge is 2.07. The summed E-state index contributed by atoms with van der Waals surface area (Å²) in [4.78, 5) is 14.9. The van der Waals surface area contributed by atoms with Crippen molar-refractivity contribution in [2.75, 3.05) is 5.32 Å². The van der Waals surface area contributed by atoms with Crippen LogP contribution in [0.1, 0.15) is 21.5 Å². The van der Waals surface area contributed by atoms with Crippen molar-refractivity contribution in [2.45, 2.75) is 6.92 Å². The molecule has 0 spiro atoms. The number of nitrogens with zero attached hydrogens (tertiary/aromatic N) is 2. The molecule has 0 saturated heterocycles. The van der Waals surface area contributed by atoms with Gasteiger partial charge in [0.25, 0.3) is 0 Å². The molecule has 0 unspecified atom stereocenters. The quantitative estimate of drug-likeness (QED) is 0.878. The summed E-state index contributed by atoms with van der Waals surface area (Å²) in [5, 5.41) is 20.9. The molecule has 1 aromatic carbocycles. The normalized spacial score (nSPS) is 9.68. The van der Waals surface area contributed by atoms with E-state index in [0.29, 0.717) is 17.1 Å². The zero-order valence-electron chi connectivity index (χ0n) is 10.2. The summed E-state index contributed by atoms with van der Waals surface area (Å²) in [5.74, 6) is -0.511. The van der Waals surface area contributed by atoms with Gasteiger partial charge in [-0.25, -0.2) is 9.78 Å². The zero-order chi connectivity index (χ0) is 13.8. The molecule has 2 aromatic rings. The maximum Gasteiger partial charge on any atom is 0.335 e. The van der Waals surface area contributed by atoms with Crippen LogP contribution in [0.3, 0.4) is 0 Å². The number of hydrogen-bond acceptors (Lipinski definition) is 4. The van der Waals surface area contributed by atoms with Gasteiger partial charge in [0.15, 0.2) is 0 Å². The molecule has 2 N–H and O–H groups in total. The molecular weight excluding hydrogens is 242 g/mol. The van der Waals surface area contributed by atoms with Crippen molar-refractivity contribution < 1.29 is 9.90 Å². The highest BCUT2D eigenvalue weighted by Crippen LogP contribution is 2.20. The molecule has 0 atom stereocenters. The maximum atomic E-state index is 10.7. The van der Waals surface area contributed by atoms with Crippen LogP contribution >= 0.6 is 0 Å². The van der Waals surface area contributed by atoms with Crippen LogP contribution in [0.15, 0.2) is 36.5 Å². The van der Waals surface area contributed by atoms with E-state index in [9.17, 15) is 4.79 Å². The van der Waals surface area contributed by atoms with E-state index >= 15 is 0 Å². The summed E-state index contributed by atoms with van der Waals surface area (Å²) < 4.78 is 0. The number of nitrogens with one attached hydrogen (secondary N) is 1. The highest BCUT2D eigenvalue weighted by molar-refractivity contribution is 5.88. The Kier molecular flexibility index (Phi) is 3.44.